The Bertz CT molecular complexity index is 1630. The second kappa shape index (κ2) is 13.0. The number of benzene rings is 2. The SMILES string of the molecule is CC(NC(=O)C(Cc1c[nH]c2ccccc12)NC(=O)C(N)Cc1c[nH]c2ccccc12)C(=O)NC(CC(=O)O)C(=O)O. The second-order valence-electron chi connectivity index (χ2n) is 10.0. The second-order valence-corrected chi connectivity index (χ2v) is 10.0. The summed E-state index contributed by atoms with van der Waals surface area (Å²) in [6.07, 6.45) is 2.93. The zero-order chi connectivity index (χ0) is 30.4. The van der Waals surface area contributed by atoms with E-state index in [1.165, 1.54) is 6.92 Å². The van der Waals surface area contributed by atoms with E-state index in [1.807, 2.05) is 48.5 Å². The Balaban J connectivity index is 1.49. The molecule has 2 heterocycles. The van der Waals surface area contributed by atoms with Crippen molar-refractivity contribution in [3.05, 3.63) is 72.1 Å². The highest BCUT2D eigenvalue weighted by Gasteiger charge is 2.30. The van der Waals surface area contributed by atoms with Crippen molar-refractivity contribution in [3.63, 3.8) is 0 Å². The number of aromatic amines is 2. The molecule has 0 aliphatic rings. The number of hydrogen-bond acceptors (Lipinski definition) is 6. The van der Waals surface area contributed by atoms with E-state index in [4.69, 9.17) is 10.8 Å². The predicted octanol–water partition coefficient (Wildman–Crippen LogP) is 0.795. The smallest absolute Gasteiger partial charge is 0.326 e. The van der Waals surface area contributed by atoms with E-state index in [0.29, 0.717) is 0 Å². The molecule has 4 rings (SSSR count). The average Bonchev–Trinajstić information content (AvgIpc) is 3.56. The largest absolute Gasteiger partial charge is 0.481 e. The first-order valence-corrected chi connectivity index (χ1v) is 13.2. The first kappa shape index (κ1) is 29.8. The summed E-state index contributed by atoms with van der Waals surface area (Å²) in [6.45, 7) is 1.32. The van der Waals surface area contributed by atoms with Crippen LogP contribution in [0.2, 0.25) is 0 Å². The van der Waals surface area contributed by atoms with Gasteiger partial charge in [-0.25, -0.2) is 4.79 Å². The van der Waals surface area contributed by atoms with Gasteiger partial charge in [0.1, 0.15) is 18.1 Å². The van der Waals surface area contributed by atoms with Crippen molar-refractivity contribution in [1.29, 1.82) is 0 Å². The van der Waals surface area contributed by atoms with Crippen molar-refractivity contribution in [2.24, 2.45) is 5.73 Å². The fourth-order valence-electron chi connectivity index (χ4n) is 4.69. The fraction of sp³-hybridized carbons (Fsp3) is 0.276. The van der Waals surface area contributed by atoms with Crippen LogP contribution in [0.25, 0.3) is 21.8 Å². The molecule has 0 fully saturated rings. The van der Waals surface area contributed by atoms with Gasteiger partial charge in [-0.05, 0) is 36.6 Å². The van der Waals surface area contributed by atoms with Gasteiger partial charge in [-0.2, -0.15) is 0 Å². The van der Waals surface area contributed by atoms with Crippen molar-refractivity contribution >= 4 is 51.5 Å². The number of carbonyl (C=O) groups excluding carboxylic acids is 3. The van der Waals surface area contributed by atoms with Crippen LogP contribution < -0.4 is 21.7 Å². The zero-order valence-electron chi connectivity index (χ0n) is 22.7. The number of carboxylic acid groups (broad SMARTS) is 2. The molecule has 4 unspecified atom stereocenters. The third-order valence-corrected chi connectivity index (χ3v) is 6.93. The normalized spacial score (nSPS) is 14.0. The number of rotatable bonds is 13. The van der Waals surface area contributed by atoms with Crippen LogP contribution >= 0.6 is 0 Å². The molecule has 2 aromatic carbocycles. The average molecular weight is 577 g/mol. The van der Waals surface area contributed by atoms with Gasteiger partial charge in [0.2, 0.25) is 17.7 Å². The third kappa shape index (κ3) is 7.12. The fourth-order valence-corrected chi connectivity index (χ4v) is 4.69. The molecule has 220 valence electrons. The molecular formula is C29H32N6O7. The Morgan fingerprint density at radius 1 is 0.738 bits per heavy atom. The Kier molecular flexibility index (Phi) is 9.22. The van der Waals surface area contributed by atoms with E-state index in [-0.39, 0.29) is 12.8 Å². The number of aromatic nitrogens is 2. The van der Waals surface area contributed by atoms with Crippen LogP contribution in [-0.2, 0) is 36.8 Å². The van der Waals surface area contributed by atoms with E-state index < -0.39 is 60.2 Å². The summed E-state index contributed by atoms with van der Waals surface area (Å²) >= 11 is 0. The molecule has 9 N–H and O–H groups in total. The molecule has 0 aliphatic carbocycles. The molecular weight excluding hydrogens is 544 g/mol. The summed E-state index contributed by atoms with van der Waals surface area (Å²) in [6, 6.07) is 9.96. The molecule has 0 radical (unpaired) electrons. The molecule has 42 heavy (non-hydrogen) atoms. The van der Waals surface area contributed by atoms with Gasteiger partial charge in [-0.15, -0.1) is 0 Å². The van der Waals surface area contributed by atoms with Crippen LogP contribution in [-0.4, -0.2) is 74.0 Å². The first-order chi connectivity index (χ1) is 20.0. The zero-order valence-corrected chi connectivity index (χ0v) is 22.7. The lowest BCUT2D eigenvalue weighted by molar-refractivity contribution is -0.147. The first-order valence-electron chi connectivity index (χ1n) is 13.2. The van der Waals surface area contributed by atoms with Crippen LogP contribution in [0.15, 0.2) is 60.9 Å². The lowest BCUT2D eigenvalue weighted by atomic mass is 10.0. The van der Waals surface area contributed by atoms with Crippen molar-refractivity contribution < 1.29 is 34.2 Å². The molecule has 0 spiro atoms. The van der Waals surface area contributed by atoms with Gasteiger partial charge in [0, 0.05) is 40.6 Å². The molecule has 13 nitrogen and oxygen atoms in total. The quantitative estimate of drug-likeness (QED) is 0.113. The monoisotopic (exact) mass is 576 g/mol. The molecule has 0 saturated carbocycles. The maximum atomic E-state index is 13.4. The third-order valence-electron chi connectivity index (χ3n) is 6.93. The van der Waals surface area contributed by atoms with Gasteiger partial charge in [0.15, 0.2) is 0 Å². The lowest BCUT2D eigenvalue weighted by Gasteiger charge is -2.23. The van der Waals surface area contributed by atoms with E-state index in [0.717, 1.165) is 32.9 Å². The Hall–Kier alpha value is -5.17. The van der Waals surface area contributed by atoms with E-state index in [9.17, 15) is 29.1 Å². The lowest BCUT2D eigenvalue weighted by Crippen LogP contribution is -2.57. The maximum absolute atomic E-state index is 13.4. The highest BCUT2D eigenvalue weighted by molar-refractivity contribution is 5.95. The number of hydrogen-bond donors (Lipinski definition) is 8. The van der Waals surface area contributed by atoms with Gasteiger partial charge in [0.25, 0.3) is 0 Å². The number of H-pyrrole nitrogens is 2. The van der Waals surface area contributed by atoms with Crippen molar-refractivity contribution in [2.45, 2.75) is 50.4 Å². The minimum atomic E-state index is -1.68. The summed E-state index contributed by atoms with van der Waals surface area (Å²) in [5, 5.41) is 27.2. The number of nitrogens with one attached hydrogen (secondary N) is 5. The van der Waals surface area contributed by atoms with E-state index in [1.54, 1.807) is 12.4 Å². The number of fused-ring (bicyclic) bond motifs is 2. The van der Waals surface area contributed by atoms with Gasteiger partial charge in [-0.1, -0.05) is 36.4 Å². The molecule has 0 aliphatic heterocycles. The molecule has 4 atom stereocenters. The van der Waals surface area contributed by atoms with Gasteiger partial charge in [0.05, 0.1) is 12.5 Å². The van der Waals surface area contributed by atoms with Crippen LogP contribution in [0, 0.1) is 0 Å². The Morgan fingerprint density at radius 2 is 1.26 bits per heavy atom. The van der Waals surface area contributed by atoms with E-state index >= 15 is 0 Å². The van der Waals surface area contributed by atoms with Crippen molar-refractivity contribution in [3.8, 4) is 0 Å². The number of para-hydroxylation sites is 2. The van der Waals surface area contributed by atoms with Crippen molar-refractivity contribution in [2.75, 3.05) is 0 Å². The van der Waals surface area contributed by atoms with Crippen LogP contribution in [0.5, 0.6) is 0 Å². The minimum Gasteiger partial charge on any atom is -0.481 e. The number of nitrogens with two attached hydrogens (primary N) is 1. The molecule has 3 amide bonds. The van der Waals surface area contributed by atoms with Crippen molar-refractivity contribution in [1.82, 2.24) is 25.9 Å². The highest BCUT2D eigenvalue weighted by atomic mass is 16.4. The highest BCUT2D eigenvalue weighted by Crippen LogP contribution is 2.20. The maximum Gasteiger partial charge on any atom is 0.326 e. The molecule has 0 bridgehead atoms. The predicted molar refractivity (Wildman–Crippen MR) is 153 cm³/mol. The molecule has 13 heteroatoms. The minimum absolute atomic E-state index is 0.0620. The molecule has 2 aromatic heterocycles. The van der Waals surface area contributed by atoms with Crippen LogP contribution in [0.1, 0.15) is 24.5 Å². The summed E-state index contributed by atoms with van der Waals surface area (Å²) in [4.78, 5) is 67.8. The standard InChI is InChI=1S/C29H32N6O7/c1-15(26(38)35-24(29(41)42)12-25(36)37)33-28(40)23(11-17-14-32-22-9-5-3-7-19(17)22)34-27(39)20(30)10-16-13-31-21-8-4-2-6-18(16)21/h2-9,13-15,20,23-24,31-32H,10-12,30H2,1H3,(H,33,40)(H,34,39)(H,35,38)(H,36,37)(H,41,42). The number of carboxylic acids is 2. The summed E-state index contributed by atoms with van der Waals surface area (Å²) in [5.74, 6) is -5.13. The van der Waals surface area contributed by atoms with Crippen LogP contribution in [0.4, 0.5) is 0 Å². The van der Waals surface area contributed by atoms with E-state index in [2.05, 4.69) is 25.9 Å². The summed E-state index contributed by atoms with van der Waals surface area (Å²) < 4.78 is 0. The number of aliphatic carboxylic acids is 2. The molecule has 4 aromatic rings. The number of amides is 3. The Morgan fingerprint density at radius 3 is 1.81 bits per heavy atom. The van der Waals surface area contributed by atoms with Gasteiger partial charge >= 0.3 is 11.9 Å². The number of carbonyl (C=O) groups is 5. The summed E-state index contributed by atoms with van der Waals surface area (Å²) in [5.41, 5.74) is 9.56. The topological polar surface area (TPSA) is 219 Å². The summed E-state index contributed by atoms with van der Waals surface area (Å²) in [7, 11) is 0. The van der Waals surface area contributed by atoms with Crippen LogP contribution in [0.3, 0.4) is 0 Å². The Labute approximate surface area is 239 Å². The molecule has 0 saturated heterocycles. The van der Waals surface area contributed by atoms with Gasteiger partial charge in [-0.3, -0.25) is 19.2 Å². The van der Waals surface area contributed by atoms with Gasteiger partial charge < -0.3 is 41.9 Å².